The van der Waals surface area contributed by atoms with Crippen LogP contribution in [0.4, 0.5) is 0 Å². The minimum atomic E-state index is -0.946. The van der Waals surface area contributed by atoms with Crippen LogP contribution in [-0.2, 0) is 9.53 Å². The molecule has 4 heteroatoms. The fourth-order valence-corrected chi connectivity index (χ4v) is 1.43. The van der Waals surface area contributed by atoms with Crippen LogP contribution in [0.15, 0.2) is 24.3 Å². The predicted octanol–water partition coefficient (Wildman–Crippen LogP) is 2.51. The Kier molecular flexibility index (Phi) is 4.14. The van der Waals surface area contributed by atoms with E-state index in [0.717, 1.165) is 0 Å². The van der Waals surface area contributed by atoms with Gasteiger partial charge in [0.05, 0.1) is 12.7 Å². The van der Waals surface area contributed by atoms with Crippen LogP contribution in [0, 0.1) is 11.3 Å². The summed E-state index contributed by atoms with van der Waals surface area (Å²) in [5.74, 6) is -1.51. The Balaban J connectivity index is 2.99. The van der Waals surface area contributed by atoms with E-state index in [1.807, 2.05) is 6.07 Å². The summed E-state index contributed by atoms with van der Waals surface area (Å²) < 4.78 is 4.78. The summed E-state index contributed by atoms with van der Waals surface area (Å²) in [5.41, 5.74) is 0.486. The molecule has 0 radical (unpaired) electrons. The van der Waals surface area contributed by atoms with Crippen LogP contribution in [0.3, 0.4) is 0 Å². The van der Waals surface area contributed by atoms with E-state index in [1.54, 1.807) is 31.2 Å². The molecule has 0 fully saturated rings. The van der Waals surface area contributed by atoms with Crippen LogP contribution in [-0.4, -0.2) is 12.6 Å². The van der Waals surface area contributed by atoms with Gasteiger partial charge in [-0.25, -0.2) is 0 Å². The first-order valence-corrected chi connectivity index (χ1v) is 4.89. The van der Waals surface area contributed by atoms with Crippen LogP contribution in [0.25, 0.3) is 0 Å². The predicted molar refractivity (Wildman–Crippen MR) is 56.4 cm³/mol. The van der Waals surface area contributed by atoms with Gasteiger partial charge in [0, 0.05) is 5.02 Å². The van der Waals surface area contributed by atoms with Gasteiger partial charge in [-0.2, -0.15) is 5.26 Å². The average Bonchev–Trinajstić information content (AvgIpc) is 2.22. The molecule has 78 valence electrons. The molecule has 0 saturated heterocycles. The molecule has 0 bridgehead atoms. The first-order chi connectivity index (χ1) is 7.20. The molecule has 1 aromatic carbocycles. The van der Waals surface area contributed by atoms with Crippen molar-refractivity contribution in [3.63, 3.8) is 0 Å². The van der Waals surface area contributed by atoms with Crippen molar-refractivity contribution in [1.82, 2.24) is 0 Å². The molecular formula is C11H10ClNO2. The third kappa shape index (κ3) is 2.71. The Bertz CT molecular complexity index is 398. The number of benzene rings is 1. The first-order valence-electron chi connectivity index (χ1n) is 4.51. The molecule has 0 aliphatic rings. The molecule has 0 spiro atoms. The summed E-state index contributed by atoms with van der Waals surface area (Å²) in [7, 11) is 0. The van der Waals surface area contributed by atoms with Gasteiger partial charge in [-0.3, -0.25) is 4.79 Å². The van der Waals surface area contributed by atoms with Crippen molar-refractivity contribution in [2.45, 2.75) is 12.8 Å². The SMILES string of the molecule is CCOC(=O)[C@H](C#N)c1ccccc1Cl. The maximum atomic E-state index is 11.4. The molecule has 0 saturated carbocycles. The van der Waals surface area contributed by atoms with E-state index in [9.17, 15) is 4.79 Å². The fraction of sp³-hybridized carbons (Fsp3) is 0.273. The zero-order chi connectivity index (χ0) is 11.3. The van der Waals surface area contributed by atoms with E-state index in [4.69, 9.17) is 21.6 Å². The van der Waals surface area contributed by atoms with Gasteiger partial charge >= 0.3 is 5.97 Å². The highest BCUT2D eigenvalue weighted by Crippen LogP contribution is 2.24. The second-order valence-electron chi connectivity index (χ2n) is 2.84. The molecule has 1 aromatic rings. The standard InChI is InChI=1S/C11H10ClNO2/c1-2-15-11(14)9(7-13)8-5-3-4-6-10(8)12/h3-6,9H,2H2,1H3/t9-/m1/s1. The van der Waals surface area contributed by atoms with Crippen LogP contribution in [0.2, 0.25) is 5.02 Å². The number of halogens is 1. The summed E-state index contributed by atoms with van der Waals surface area (Å²) in [6.07, 6.45) is 0. The van der Waals surface area contributed by atoms with Gasteiger partial charge in [0.25, 0.3) is 0 Å². The lowest BCUT2D eigenvalue weighted by Gasteiger charge is -2.09. The van der Waals surface area contributed by atoms with Crippen molar-refractivity contribution in [2.75, 3.05) is 6.61 Å². The largest absolute Gasteiger partial charge is 0.465 e. The smallest absolute Gasteiger partial charge is 0.327 e. The molecule has 1 atom stereocenters. The first kappa shape index (κ1) is 11.5. The number of ether oxygens (including phenoxy) is 1. The van der Waals surface area contributed by atoms with Crippen molar-refractivity contribution in [2.24, 2.45) is 0 Å². The highest BCUT2D eigenvalue weighted by molar-refractivity contribution is 6.31. The third-order valence-electron chi connectivity index (χ3n) is 1.87. The lowest BCUT2D eigenvalue weighted by Crippen LogP contribution is -2.14. The van der Waals surface area contributed by atoms with E-state index >= 15 is 0 Å². The lowest BCUT2D eigenvalue weighted by atomic mass is 10.0. The van der Waals surface area contributed by atoms with Gasteiger partial charge < -0.3 is 4.74 Å². The van der Waals surface area contributed by atoms with Gasteiger partial charge in [0.1, 0.15) is 0 Å². The monoisotopic (exact) mass is 223 g/mol. The van der Waals surface area contributed by atoms with Crippen LogP contribution >= 0.6 is 11.6 Å². The number of nitrogens with zero attached hydrogens (tertiary/aromatic N) is 1. The summed E-state index contributed by atoms with van der Waals surface area (Å²) in [5, 5.41) is 9.29. The lowest BCUT2D eigenvalue weighted by molar-refractivity contribution is -0.143. The average molecular weight is 224 g/mol. The molecule has 0 heterocycles. The highest BCUT2D eigenvalue weighted by Gasteiger charge is 2.23. The summed E-state index contributed by atoms with van der Waals surface area (Å²) in [6, 6.07) is 8.64. The normalized spacial score (nSPS) is 11.5. The van der Waals surface area contributed by atoms with Gasteiger partial charge in [0.2, 0.25) is 0 Å². The van der Waals surface area contributed by atoms with Gasteiger partial charge in [0.15, 0.2) is 5.92 Å². The van der Waals surface area contributed by atoms with Gasteiger partial charge in [-0.15, -0.1) is 0 Å². The molecule has 0 aliphatic heterocycles. The Morgan fingerprint density at radius 2 is 2.27 bits per heavy atom. The zero-order valence-electron chi connectivity index (χ0n) is 8.24. The molecule has 0 aromatic heterocycles. The number of esters is 1. The molecule has 0 aliphatic carbocycles. The molecule has 1 rings (SSSR count). The Hall–Kier alpha value is -1.53. The zero-order valence-corrected chi connectivity index (χ0v) is 8.99. The number of rotatable bonds is 3. The fourth-order valence-electron chi connectivity index (χ4n) is 1.18. The molecule has 3 nitrogen and oxygen atoms in total. The second kappa shape index (κ2) is 5.38. The number of carbonyl (C=O) groups excluding carboxylic acids is 1. The third-order valence-corrected chi connectivity index (χ3v) is 2.21. The van der Waals surface area contributed by atoms with E-state index < -0.39 is 11.9 Å². The van der Waals surface area contributed by atoms with E-state index in [-0.39, 0.29) is 6.61 Å². The maximum absolute atomic E-state index is 11.4. The quantitative estimate of drug-likeness (QED) is 0.740. The summed E-state index contributed by atoms with van der Waals surface area (Å²) in [6.45, 7) is 1.94. The van der Waals surface area contributed by atoms with E-state index in [2.05, 4.69) is 0 Å². The Morgan fingerprint density at radius 3 is 2.80 bits per heavy atom. The van der Waals surface area contributed by atoms with Crippen molar-refractivity contribution < 1.29 is 9.53 Å². The van der Waals surface area contributed by atoms with Crippen molar-refractivity contribution in [3.05, 3.63) is 34.9 Å². The summed E-state index contributed by atoms with van der Waals surface area (Å²) >= 11 is 5.88. The topological polar surface area (TPSA) is 50.1 Å². The minimum Gasteiger partial charge on any atom is -0.465 e. The highest BCUT2D eigenvalue weighted by atomic mass is 35.5. The van der Waals surface area contributed by atoms with Crippen molar-refractivity contribution >= 4 is 17.6 Å². The second-order valence-corrected chi connectivity index (χ2v) is 3.24. The summed E-state index contributed by atoms with van der Waals surface area (Å²) in [4.78, 5) is 11.4. The van der Waals surface area contributed by atoms with Crippen molar-refractivity contribution in [1.29, 1.82) is 5.26 Å². The van der Waals surface area contributed by atoms with Crippen molar-refractivity contribution in [3.8, 4) is 6.07 Å². The molecule has 0 N–H and O–H groups in total. The van der Waals surface area contributed by atoms with Crippen LogP contribution in [0.5, 0.6) is 0 Å². The van der Waals surface area contributed by atoms with Crippen LogP contribution in [0.1, 0.15) is 18.4 Å². The molecule has 15 heavy (non-hydrogen) atoms. The van der Waals surface area contributed by atoms with Crippen LogP contribution < -0.4 is 0 Å². The number of carbonyl (C=O) groups is 1. The number of nitriles is 1. The number of hydrogen-bond acceptors (Lipinski definition) is 3. The Labute approximate surface area is 93.2 Å². The molecule has 0 amide bonds. The van der Waals surface area contributed by atoms with E-state index in [0.29, 0.717) is 10.6 Å². The molecule has 0 unspecified atom stereocenters. The minimum absolute atomic E-state index is 0.251. The molecular weight excluding hydrogens is 214 g/mol. The van der Waals surface area contributed by atoms with Gasteiger partial charge in [-0.05, 0) is 18.6 Å². The number of hydrogen-bond donors (Lipinski definition) is 0. The Morgan fingerprint density at radius 1 is 1.60 bits per heavy atom. The maximum Gasteiger partial charge on any atom is 0.327 e. The van der Waals surface area contributed by atoms with Gasteiger partial charge in [-0.1, -0.05) is 29.8 Å². The van der Waals surface area contributed by atoms with E-state index in [1.165, 1.54) is 0 Å².